The zero-order valence-corrected chi connectivity index (χ0v) is 42.4. The molecule has 0 fully saturated rings. The van der Waals surface area contributed by atoms with Crippen LogP contribution in [0.5, 0.6) is 0 Å². The second-order valence-corrected chi connectivity index (χ2v) is 22.2. The second kappa shape index (κ2) is 16.0. The van der Waals surface area contributed by atoms with Crippen molar-refractivity contribution in [2.45, 2.75) is 70.1 Å². The lowest BCUT2D eigenvalue weighted by molar-refractivity contribution is 0.584. The first-order valence-electron chi connectivity index (χ1n) is 25.7. The Morgan fingerprint density at radius 3 is 1.22 bits per heavy atom. The van der Waals surface area contributed by atoms with Crippen molar-refractivity contribution in [3.8, 4) is 33.4 Å². The molecule has 1 heteroatoms. The number of anilines is 3. The number of nitrogens with zero attached hydrogens (tertiary/aromatic N) is 1. The molecule has 0 aliphatic heterocycles. The van der Waals surface area contributed by atoms with E-state index in [1.54, 1.807) is 0 Å². The maximum atomic E-state index is 2.55. The molecule has 0 radical (unpaired) electrons. The van der Waals surface area contributed by atoms with E-state index in [0.717, 1.165) is 17.1 Å². The molecule has 13 rings (SSSR count). The fourth-order valence-electron chi connectivity index (χ4n) is 13.2. The molecule has 0 saturated carbocycles. The van der Waals surface area contributed by atoms with Gasteiger partial charge >= 0.3 is 0 Å². The Morgan fingerprint density at radius 1 is 0.306 bits per heavy atom. The number of fused-ring (bicyclic) bond motifs is 9. The Labute approximate surface area is 426 Å². The monoisotopic (exact) mass is 925 g/mol. The summed E-state index contributed by atoms with van der Waals surface area (Å²) >= 11 is 0. The lowest BCUT2D eigenvalue weighted by Crippen LogP contribution is -2.29. The molecule has 10 aromatic rings. The van der Waals surface area contributed by atoms with Crippen LogP contribution in [0.15, 0.2) is 231 Å². The summed E-state index contributed by atoms with van der Waals surface area (Å²) in [6.07, 6.45) is 0. The van der Waals surface area contributed by atoms with Crippen LogP contribution in [0, 0.1) is 13.8 Å². The summed E-state index contributed by atoms with van der Waals surface area (Å²) in [5.41, 5.74) is 26.8. The Kier molecular flexibility index (Phi) is 9.78. The van der Waals surface area contributed by atoms with Crippen LogP contribution in [0.4, 0.5) is 17.1 Å². The molecule has 0 bridgehead atoms. The van der Waals surface area contributed by atoms with Gasteiger partial charge in [-0.2, -0.15) is 0 Å². The van der Waals surface area contributed by atoms with Gasteiger partial charge in [0.15, 0.2) is 0 Å². The predicted molar refractivity (Wildman–Crippen MR) is 301 cm³/mol. The van der Waals surface area contributed by atoms with Crippen LogP contribution in [0.25, 0.3) is 33.4 Å². The van der Waals surface area contributed by atoms with Crippen molar-refractivity contribution in [1.82, 2.24) is 0 Å². The van der Waals surface area contributed by atoms with Crippen molar-refractivity contribution in [3.05, 3.63) is 303 Å². The summed E-state index contributed by atoms with van der Waals surface area (Å²) in [5.74, 6) is 0. The molecule has 0 saturated heterocycles. The quantitative estimate of drug-likeness (QED) is 0.154. The molecule has 0 aromatic heterocycles. The van der Waals surface area contributed by atoms with Crippen molar-refractivity contribution in [2.24, 2.45) is 0 Å². The van der Waals surface area contributed by atoms with Gasteiger partial charge in [0.25, 0.3) is 0 Å². The largest absolute Gasteiger partial charge is 0.310 e. The minimum absolute atomic E-state index is 0.0480. The molecule has 0 spiro atoms. The van der Waals surface area contributed by atoms with Gasteiger partial charge in [-0.05, 0) is 150 Å². The van der Waals surface area contributed by atoms with Crippen molar-refractivity contribution in [2.75, 3.05) is 4.90 Å². The first kappa shape index (κ1) is 44.0. The fraction of sp³-hybridized carbons (Fsp3) is 0.155. The average molecular weight is 926 g/mol. The highest BCUT2D eigenvalue weighted by atomic mass is 15.1. The maximum absolute atomic E-state index is 2.55. The average Bonchev–Trinajstić information content (AvgIpc) is 3.96. The highest BCUT2D eigenvalue weighted by molar-refractivity contribution is 5.94. The summed E-state index contributed by atoms with van der Waals surface area (Å²) < 4.78 is 0. The number of benzene rings is 10. The van der Waals surface area contributed by atoms with Crippen molar-refractivity contribution in [3.63, 3.8) is 0 Å². The third-order valence-electron chi connectivity index (χ3n) is 16.7. The van der Waals surface area contributed by atoms with Gasteiger partial charge in [0, 0.05) is 22.5 Å². The topological polar surface area (TPSA) is 3.24 Å². The smallest absolute Gasteiger partial charge is 0.0714 e. The van der Waals surface area contributed by atoms with Crippen LogP contribution in [-0.4, -0.2) is 0 Å². The Balaban J connectivity index is 1.08. The number of hydrogen-bond donors (Lipinski definition) is 0. The van der Waals surface area contributed by atoms with Crippen molar-refractivity contribution in [1.29, 1.82) is 0 Å². The lowest BCUT2D eigenvalue weighted by Gasteiger charge is -2.35. The number of rotatable bonds is 7. The summed E-state index contributed by atoms with van der Waals surface area (Å²) in [6, 6.07) is 88.1. The molecule has 348 valence electrons. The maximum Gasteiger partial charge on any atom is 0.0714 e. The zero-order chi connectivity index (χ0) is 49.1. The summed E-state index contributed by atoms with van der Waals surface area (Å²) in [5, 5.41) is 0. The van der Waals surface area contributed by atoms with Crippen LogP contribution in [0.3, 0.4) is 0 Å². The van der Waals surface area contributed by atoms with Crippen LogP contribution in [0.1, 0.15) is 107 Å². The predicted octanol–water partition coefficient (Wildman–Crippen LogP) is 18.1. The van der Waals surface area contributed by atoms with Crippen molar-refractivity contribution < 1.29 is 0 Å². The van der Waals surface area contributed by atoms with E-state index in [4.69, 9.17) is 0 Å². The molecule has 10 aromatic carbocycles. The zero-order valence-electron chi connectivity index (χ0n) is 42.4. The van der Waals surface area contributed by atoms with E-state index in [2.05, 4.69) is 284 Å². The molecule has 0 heterocycles. The van der Waals surface area contributed by atoms with Gasteiger partial charge in [-0.3, -0.25) is 0 Å². The SMILES string of the molecule is Cc1ccc(C2(c3ccccc3)c3ccccc3-c3cc(N(c4ccc5c(c4)C(C)(C)c4cc(C(C)(C)C)ccc4-5)c4ccc5c(c4)C(c4ccccc4)(c4ccc(C)cc4)c4ccccc4-5)ccc32)cc1. The van der Waals surface area contributed by atoms with Gasteiger partial charge in [0.1, 0.15) is 0 Å². The Morgan fingerprint density at radius 2 is 0.681 bits per heavy atom. The van der Waals surface area contributed by atoms with Crippen LogP contribution >= 0.6 is 0 Å². The Hall–Kier alpha value is -8.00. The molecular formula is C71H59N. The van der Waals surface area contributed by atoms with Gasteiger partial charge < -0.3 is 4.90 Å². The van der Waals surface area contributed by atoms with E-state index >= 15 is 0 Å². The highest BCUT2D eigenvalue weighted by Crippen LogP contribution is 2.60. The van der Waals surface area contributed by atoms with Gasteiger partial charge in [-0.25, -0.2) is 0 Å². The van der Waals surface area contributed by atoms with Crippen LogP contribution in [0.2, 0.25) is 0 Å². The first-order chi connectivity index (χ1) is 34.9. The van der Waals surface area contributed by atoms with E-state index < -0.39 is 10.8 Å². The minimum Gasteiger partial charge on any atom is -0.310 e. The van der Waals surface area contributed by atoms with E-state index in [1.807, 2.05) is 0 Å². The summed E-state index contributed by atoms with van der Waals surface area (Å²) in [6.45, 7) is 16.2. The molecule has 0 amide bonds. The third-order valence-corrected chi connectivity index (χ3v) is 16.7. The van der Waals surface area contributed by atoms with Gasteiger partial charge in [-0.15, -0.1) is 0 Å². The summed E-state index contributed by atoms with van der Waals surface area (Å²) in [7, 11) is 0. The minimum atomic E-state index is -0.547. The van der Waals surface area contributed by atoms with Crippen LogP contribution < -0.4 is 4.90 Å². The summed E-state index contributed by atoms with van der Waals surface area (Å²) in [4.78, 5) is 2.55. The standard InChI is InChI=1S/C71H59N/c1-46-26-30-50(31-27-46)70(48-18-10-8-11-19-48)63-25-17-15-23-57(63)61-43-53(37-41-64(61)70)72(54-35-39-59-58-38-34-52(68(3,4)5)42-65(58)69(6,7)66(59)44-54)55-36-40-60-56-22-14-16-24-62(56)71(67(60)45-55,49-20-12-9-13-21-49)51-32-28-47(2)29-33-51/h8-45H,1-7H3. The molecule has 0 N–H and O–H groups in total. The molecule has 3 aliphatic rings. The van der Waals surface area contributed by atoms with E-state index in [1.165, 1.54) is 106 Å². The van der Waals surface area contributed by atoms with Gasteiger partial charge in [0.2, 0.25) is 0 Å². The first-order valence-corrected chi connectivity index (χ1v) is 25.7. The molecule has 2 atom stereocenters. The Bertz CT molecular complexity index is 3760. The highest BCUT2D eigenvalue weighted by Gasteiger charge is 2.48. The molecular weight excluding hydrogens is 867 g/mol. The van der Waals surface area contributed by atoms with Gasteiger partial charge in [-0.1, -0.05) is 240 Å². The van der Waals surface area contributed by atoms with Gasteiger partial charge in [0.05, 0.1) is 10.8 Å². The van der Waals surface area contributed by atoms with E-state index in [9.17, 15) is 0 Å². The molecule has 3 aliphatic carbocycles. The number of aryl methyl sites for hydroxylation is 2. The normalized spacial score (nSPS) is 17.6. The third kappa shape index (κ3) is 6.26. The van der Waals surface area contributed by atoms with Crippen molar-refractivity contribution >= 4 is 17.1 Å². The lowest BCUT2D eigenvalue weighted by atomic mass is 9.67. The second-order valence-electron chi connectivity index (χ2n) is 22.2. The van der Waals surface area contributed by atoms with E-state index in [-0.39, 0.29) is 10.8 Å². The molecule has 1 nitrogen and oxygen atoms in total. The fourth-order valence-corrected chi connectivity index (χ4v) is 13.2. The number of hydrogen-bond acceptors (Lipinski definition) is 1. The molecule has 2 unspecified atom stereocenters. The molecule has 72 heavy (non-hydrogen) atoms. The van der Waals surface area contributed by atoms with E-state index in [0.29, 0.717) is 0 Å². The van der Waals surface area contributed by atoms with Crippen LogP contribution in [-0.2, 0) is 21.7 Å².